The smallest absolute Gasteiger partial charge is 0.194 e. The maximum atomic E-state index is 13.7. The van der Waals surface area contributed by atoms with E-state index in [2.05, 4.69) is 0 Å². The number of carbonyl (C=O) groups is 1. The van der Waals surface area contributed by atoms with E-state index < -0.39 is 0 Å². The van der Waals surface area contributed by atoms with Crippen molar-refractivity contribution >= 4 is 34.9 Å². The quantitative estimate of drug-likeness (QED) is 0.231. The van der Waals surface area contributed by atoms with E-state index in [0.717, 1.165) is 22.5 Å². The highest BCUT2D eigenvalue weighted by Crippen LogP contribution is 2.42. The van der Waals surface area contributed by atoms with Gasteiger partial charge in [-0.15, -0.1) is 0 Å². The third-order valence-corrected chi connectivity index (χ3v) is 7.21. The largest absolute Gasteiger partial charge is 0.457 e. The lowest BCUT2D eigenvalue weighted by Gasteiger charge is -2.16. The van der Waals surface area contributed by atoms with Crippen LogP contribution in [0.5, 0.6) is 0 Å². The number of Topliss-reactive ketones (excluding diaryl/α,β-unsaturated/α-hetero) is 1. The van der Waals surface area contributed by atoms with Gasteiger partial charge in [0, 0.05) is 56.3 Å². The van der Waals surface area contributed by atoms with Gasteiger partial charge >= 0.3 is 0 Å². The number of allylic oxidation sites excluding steroid dienone is 8. The molecule has 0 fully saturated rings. The van der Waals surface area contributed by atoms with Crippen molar-refractivity contribution in [2.75, 3.05) is 38.0 Å². The highest BCUT2D eigenvalue weighted by molar-refractivity contribution is 6.28. The first-order chi connectivity index (χ1) is 20.8. The Morgan fingerprint density at radius 3 is 1.58 bits per heavy atom. The van der Waals surface area contributed by atoms with E-state index in [1.165, 1.54) is 0 Å². The number of nitrogens with zero attached hydrogens (tertiary/aromatic N) is 4. The molecule has 0 aromatic heterocycles. The molecule has 0 spiro atoms. The van der Waals surface area contributed by atoms with E-state index in [4.69, 9.17) is 4.74 Å². The zero-order valence-corrected chi connectivity index (χ0v) is 24.5. The summed E-state index contributed by atoms with van der Waals surface area (Å²) in [6.45, 7) is 0. The third-order valence-electron chi connectivity index (χ3n) is 7.21. The summed E-state index contributed by atoms with van der Waals surface area (Å²) in [6.07, 6.45) is 11.1. The molecule has 210 valence electrons. The molecule has 1 aliphatic heterocycles. The minimum atomic E-state index is -0.233. The lowest BCUT2D eigenvalue weighted by molar-refractivity contribution is 0.104. The first-order valence-corrected chi connectivity index (χ1v) is 13.7. The third kappa shape index (κ3) is 6.10. The van der Waals surface area contributed by atoms with Crippen molar-refractivity contribution < 1.29 is 9.53 Å². The Hall–Kier alpha value is -5.85. The summed E-state index contributed by atoms with van der Waals surface area (Å²) >= 11 is 0. The van der Waals surface area contributed by atoms with Crippen LogP contribution in [0, 0.1) is 22.7 Å². The molecule has 6 nitrogen and oxygen atoms in total. The number of benzene rings is 3. The molecular formula is C37H30N4O2. The van der Waals surface area contributed by atoms with Crippen LogP contribution in [-0.2, 0) is 4.74 Å². The molecule has 5 rings (SSSR count). The highest BCUT2D eigenvalue weighted by atomic mass is 16.5. The number of ketones is 1. The first-order valence-electron chi connectivity index (χ1n) is 13.7. The maximum Gasteiger partial charge on any atom is 0.194 e. The molecule has 0 saturated heterocycles. The van der Waals surface area contributed by atoms with Crippen LogP contribution in [-0.4, -0.2) is 34.0 Å². The Morgan fingerprint density at radius 1 is 0.674 bits per heavy atom. The van der Waals surface area contributed by atoms with Crippen molar-refractivity contribution in [2.24, 2.45) is 0 Å². The Bertz CT molecular complexity index is 1760. The summed E-state index contributed by atoms with van der Waals surface area (Å²) in [4.78, 5) is 17.8. The predicted molar refractivity (Wildman–Crippen MR) is 173 cm³/mol. The first kappa shape index (κ1) is 28.7. The number of fused-ring (bicyclic) bond motifs is 1. The molecule has 0 bridgehead atoms. The number of rotatable bonds is 6. The summed E-state index contributed by atoms with van der Waals surface area (Å²) in [5, 5.41) is 19.6. The second kappa shape index (κ2) is 12.3. The van der Waals surface area contributed by atoms with Gasteiger partial charge in [-0.25, -0.2) is 0 Å². The lowest BCUT2D eigenvalue weighted by Crippen LogP contribution is -2.07. The van der Waals surface area contributed by atoms with E-state index in [1.807, 2.05) is 123 Å². The van der Waals surface area contributed by atoms with Gasteiger partial charge in [0.1, 0.15) is 29.2 Å². The SMILES string of the molecule is CN(C)c1ccc(/C=C/C2=CC(=C3C(=O)c4ccccc4C3=C(C#N)C#N)C=C(/C=C/c3ccc(N(C)C)cc3)O2)cc1. The van der Waals surface area contributed by atoms with E-state index in [0.29, 0.717) is 39.4 Å². The molecule has 0 radical (unpaired) electrons. The standard InChI is InChI=1S/C37H30N4O2/c1-40(2)29-15-9-25(10-16-29)13-19-31-21-27(22-32(43-31)20-14-26-11-17-30(18-12-26)41(3)4)36-35(28(23-38)24-39)33-7-5-6-8-34(33)37(36)42/h5-22H,1-4H3/b19-13+,20-14+. The number of hydrogen-bond acceptors (Lipinski definition) is 6. The van der Waals surface area contributed by atoms with E-state index in [9.17, 15) is 15.3 Å². The molecular weight excluding hydrogens is 532 g/mol. The predicted octanol–water partition coefficient (Wildman–Crippen LogP) is 7.34. The molecule has 3 aromatic carbocycles. The van der Waals surface area contributed by atoms with Gasteiger partial charge in [-0.05, 0) is 70.8 Å². The monoisotopic (exact) mass is 562 g/mol. The average molecular weight is 563 g/mol. The number of anilines is 2. The van der Waals surface area contributed by atoms with Crippen molar-refractivity contribution in [3.05, 3.63) is 148 Å². The van der Waals surface area contributed by atoms with Crippen LogP contribution in [0.25, 0.3) is 17.7 Å². The molecule has 0 atom stereocenters. The molecule has 0 saturated carbocycles. The Kier molecular flexibility index (Phi) is 8.23. The minimum absolute atomic E-state index is 0.106. The van der Waals surface area contributed by atoms with Crippen LogP contribution >= 0.6 is 0 Å². The van der Waals surface area contributed by atoms with Crippen molar-refractivity contribution in [3.8, 4) is 12.1 Å². The molecule has 43 heavy (non-hydrogen) atoms. The van der Waals surface area contributed by atoms with Crippen molar-refractivity contribution in [2.45, 2.75) is 0 Å². The van der Waals surface area contributed by atoms with Gasteiger partial charge < -0.3 is 14.5 Å². The van der Waals surface area contributed by atoms with Crippen LogP contribution in [0.2, 0.25) is 0 Å². The molecule has 2 aliphatic rings. The zero-order chi connectivity index (χ0) is 30.5. The van der Waals surface area contributed by atoms with E-state index in [-0.39, 0.29) is 11.4 Å². The second-order valence-electron chi connectivity index (χ2n) is 10.5. The maximum absolute atomic E-state index is 13.7. The molecule has 0 amide bonds. The molecule has 1 heterocycles. The number of hydrogen-bond donors (Lipinski definition) is 0. The normalized spacial score (nSPS) is 14.2. The zero-order valence-electron chi connectivity index (χ0n) is 24.5. The van der Waals surface area contributed by atoms with Gasteiger partial charge in [-0.2, -0.15) is 10.5 Å². The van der Waals surface area contributed by atoms with E-state index in [1.54, 1.807) is 36.4 Å². The lowest BCUT2D eigenvalue weighted by atomic mass is 9.94. The van der Waals surface area contributed by atoms with Gasteiger partial charge in [-0.3, -0.25) is 4.79 Å². The van der Waals surface area contributed by atoms with Crippen LogP contribution in [0.15, 0.2) is 125 Å². The number of carbonyl (C=O) groups excluding carboxylic acids is 1. The van der Waals surface area contributed by atoms with Gasteiger partial charge in [0.05, 0.1) is 0 Å². The van der Waals surface area contributed by atoms with Gasteiger partial charge in [0.2, 0.25) is 0 Å². The highest BCUT2D eigenvalue weighted by Gasteiger charge is 2.34. The van der Waals surface area contributed by atoms with Crippen LogP contribution < -0.4 is 9.80 Å². The average Bonchev–Trinajstić information content (AvgIpc) is 3.32. The Morgan fingerprint density at radius 2 is 1.14 bits per heavy atom. The van der Waals surface area contributed by atoms with Crippen LogP contribution in [0.4, 0.5) is 11.4 Å². The summed E-state index contributed by atoms with van der Waals surface area (Å²) < 4.78 is 6.24. The Balaban J connectivity index is 1.61. The van der Waals surface area contributed by atoms with Gasteiger partial charge in [0.25, 0.3) is 0 Å². The fourth-order valence-electron chi connectivity index (χ4n) is 4.93. The van der Waals surface area contributed by atoms with Crippen LogP contribution in [0.3, 0.4) is 0 Å². The minimum Gasteiger partial charge on any atom is -0.457 e. The summed E-state index contributed by atoms with van der Waals surface area (Å²) in [5.74, 6) is 0.800. The summed E-state index contributed by atoms with van der Waals surface area (Å²) in [5.41, 5.74) is 6.32. The Labute approximate surface area is 252 Å². The summed E-state index contributed by atoms with van der Waals surface area (Å²) in [6, 6.07) is 27.3. The molecule has 0 unspecified atom stereocenters. The van der Waals surface area contributed by atoms with Crippen molar-refractivity contribution in [3.63, 3.8) is 0 Å². The second-order valence-corrected chi connectivity index (χ2v) is 10.5. The molecule has 6 heteroatoms. The van der Waals surface area contributed by atoms with Crippen molar-refractivity contribution in [1.82, 2.24) is 0 Å². The van der Waals surface area contributed by atoms with Gasteiger partial charge in [-0.1, -0.05) is 60.7 Å². The fraction of sp³-hybridized carbons (Fsp3) is 0.108. The molecule has 3 aromatic rings. The van der Waals surface area contributed by atoms with Crippen molar-refractivity contribution in [1.29, 1.82) is 10.5 Å². The van der Waals surface area contributed by atoms with Crippen LogP contribution in [0.1, 0.15) is 27.0 Å². The van der Waals surface area contributed by atoms with Gasteiger partial charge in [0.15, 0.2) is 5.78 Å². The van der Waals surface area contributed by atoms with E-state index >= 15 is 0 Å². The fourth-order valence-corrected chi connectivity index (χ4v) is 4.93. The number of ether oxygens (including phenoxy) is 1. The summed E-state index contributed by atoms with van der Waals surface area (Å²) in [7, 11) is 7.98. The number of nitriles is 2. The topological polar surface area (TPSA) is 80.4 Å². The molecule has 0 N–H and O–H groups in total. The molecule has 1 aliphatic carbocycles.